The van der Waals surface area contributed by atoms with Crippen molar-refractivity contribution in [2.24, 2.45) is 5.92 Å². The molecule has 0 N–H and O–H groups in total. The zero-order chi connectivity index (χ0) is 11.7. The molecule has 0 radical (unpaired) electrons. The number of nitrogens with zero attached hydrogens (tertiary/aromatic N) is 2. The van der Waals surface area contributed by atoms with Crippen LogP contribution in [0.4, 0.5) is 5.69 Å². The van der Waals surface area contributed by atoms with Crippen LogP contribution >= 0.6 is 31.9 Å². The van der Waals surface area contributed by atoms with E-state index in [0.29, 0.717) is 13.0 Å². The smallest absolute Gasteiger partial charge is 0.228 e. The summed E-state index contributed by atoms with van der Waals surface area (Å²) in [6.45, 7) is 0.574. The van der Waals surface area contributed by atoms with E-state index in [-0.39, 0.29) is 11.8 Å². The second-order valence-electron chi connectivity index (χ2n) is 3.54. The number of aromatic nitrogens is 1. The van der Waals surface area contributed by atoms with Gasteiger partial charge in [0, 0.05) is 18.9 Å². The molecule has 1 aliphatic heterocycles. The van der Waals surface area contributed by atoms with Gasteiger partial charge in [-0.2, -0.15) is 0 Å². The number of halogens is 2. The Bertz CT molecular complexity index is 481. The van der Waals surface area contributed by atoms with Gasteiger partial charge in [0.05, 0.1) is 16.4 Å². The maximum Gasteiger partial charge on any atom is 0.228 e. The molecule has 2 rings (SSSR count). The number of anilines is 1. The van der Waals surface area contributed by atoms with Crippen LogP contribution in [-0.4, -0.2) is 17.4 Å². The minimum atomic E-state index is 0.00919. The molecule has 1 fully saturated rings. The lowest BCUT2D eigenvalue weighted by molar-refractivity contribution is -0.117. The number of rotatable bonds is 1. The number of carbonyl (C=O) groups is 1. The molecule has 1 aromatic heterocycles. The molecular formula is C11H8Br2N2O. The lowest BCUT2D eigenvalue weighted by Crippen LogP contribution is -2.24. The molecular weight excluding hydrogens is 336 g/mol. The standard InChI is InChI=1S/C11H8Br2N2O/c1-2-7-3-10(16)15(6-7)8-4-9(12)11(13)14-5-8/h1,4-5,7H,3,6H2. The minimum absolute atomic E-state index is 0.00919. The third-order valence-corrected chi connectivity index (χ3v) is 4.22. The Balaban J connectivity index is 2.29. The highest BCUT2D eigenvalue weighted by atomic mass is 79.9. The van der Waals surface area contributed by atoms with E-state index in [1.807, 2.05) is 6.07 Å². The van der Waals surface area contributed by atoms with Crippen molar-refractivity contribution in [2.45, 2.75) is 6.42 Å². The predicted octanol–water partition coefficient (Wildman–Crippen LogP) is 2.59. The van der Waals surface area contributed by atoms with Gasteiger partial charge in [0.25, 0.3) is 0 Å². The Morgan fingerprint density at radius 1 is 1.56 bits per heavy atom. The molecule has 0 aromatic carbocycles. The van der Waals surface area contributed by atoms with Gasteiger partial charge in [-0.15, -0.1) is 12.3 Å². The predicted molar refractivity (Wildman–Crippen MR) is 68.9 cm³/mol. The van der Waals surface area contributed by atoms with E-state index in [0.717, 1.165) is 14.8 Å². The first-order valence-electron chi connectivity index (χ1n) is 4.69. The van der Waals surface area contributed by atoms with Crippen LogP contribution in [0.15, 0.2) is 21.3 Å². The summed E-state index contributed by atoms with van der Waals surface area (Å²) in [5, 5.41) is 0. The Kier molecular flexibility index (Phi) is 3.31. The largest absolute Gasteiger partial charge is 0.310 e. The number of carbonyl (C=O) groups excluding carboxylic acids is 1. The molecule has 1 saturated heterocycles. The molecule has 1 atom stereocenters. The average molecular weight is 344 g/mol. The summed E-state index contributed by atoms with van der Waals surface area (Å²) in [5.74, 6) is 2.68. The van der Waals surface area contributed by atoms with E-state index in [4.69, 9.17) is 6.42 Å². The van der Waals surface area contributed by atoms with Crippen molar-refractivity contribution in [3.8, 4) is 12.3 Å². The molecule has 3 nitrogen and oxygen atoms in total. The molecule has 1 aromatic rings. The summed E-state index contributed by atoms with van der Waals surface area (Å²) in [4.78, 5) is 17.5. The molecule has 0 aliphatic carbocycles. The number of hydrogen-bond acceptors (Lipinski definition) is 2. The highest BCUT2D eigenvalue weighted by molar-refractivity contribution is 9.13. The Morgan fingerprint density at radius 2 is 2.31 bits per heavy atom. The Morgan fingerprint density at radius 3 is 2.88 bits per heavy atom. The summed E-state index contributed by atoms with van der Waals surface area (Å²) < 4.78 is 1.54. The van der Waals surface area contributed by atoms with Crippen molar-refractivity contribution in [3.63, 3.8) is 0 Å². The molecule has 1 amide bonds. The van der Waals surface area contributed by atoms with E-state index in [1.165, 1.54) is 0 Å². The normalized spacial score (nSPS) is 19.9. The lowest BCUT2D eigenvalue weighted by atomic mass is 10.1. The zero-order valence-corrected chi connectivity index (χ0v) is 11.5. The number of hydrogen-bond donors (Lipinski definition) is 0. The minimum Gasteiger partial charge on any atom is -0.310 e. The fourth-order valence-corrected chi connectivity index (χ4v) is 2.18. The molecule has 2 heterocycles. The number of pyridine rings is 1. The van der Waals surface area contributed by atoms with Crippen molar-refractivity contribution >= 4 is 43.5 Å². The van der Waals surface area contributed by atoms with Crippen molar-refractivity contribution in [1.82, 2.24) is 4.98 Å². The van der Waals surface area contributed by atoms with Crippen LogP contribution in [0.1, 0.15) is 6.42 Å². The van der Waals surface area contributed by atoms with Crippen molar-refractivity contribution in [1.29, 1.82) is 0 Å². The molecule has 1 aliphatic rings. The van der Waals surface area contributed by atoms with Crippen LogP contribution in [0, 0.1) is 18.3 Å². The SMILES string of the molecule is C#CC1CC(=O)N(c2cnc(Br)c(Br)c2)C1. The molecule has 82 valence electrons. The summed E-state index contributed by atoms with van der Waals surface area (Å²) in [7, 11) is 0. The zero-order valence-electron chi connectivity index (χ0n) is 8.28. The van der Waals surface area contributed by atoms with Crippen molar-refractivity contribution in [3.05, 3.63) is 21.3 Å². The second-order valence-corrected chi connectivity index (χ2v) is 5.14. The maximum atomic E-state index is 11.7. The summed E-state index contributed by atoms with van der Waals surface area (Å²) in [5.41, 5.74) is 0.776. The highest BCUT2D eigenvalue weighted by Gasteiger charge is 2.29. The van der Waals surface area contributed by atoms with E-state index in [2.05, 4.69) is 42.8 Å². The summed E-state index contributed by atoms with van der Waals surface area (Å²) in [6.07, 6.45) is 7.41. The molecule has 0 saturated carbocycles. The monoisotopic (exact) mass is 342 g/mol. The van der Waals surface area contributed by atoms with Gasteiger partial charge >= 0.3 is 0 Å². The maximum absolute atomic E-state index is 11.7. The van der Waals surface area contributed by atoms with E-state index in [9.17, 15) is 4.79 Å². The first kappa shape index (κ1) is 11.6. The first-order valence-corrected chi connectivity index (χ1v) is 6.28. The van der Waals surface area contributed by atoms with E-state index < -0.39 is 0 Å². The number of amides is 1. The van der Waals surface area contributed by atoms with Gasteiger partial charge in [-0.05, 0) is 37.9 Å². The number of terminal acetylenes is 1. The van der Waals surface area contributed by atoms with Crippen molar-refractivity contribution in [2.75, 3.05) is 11.4 Å². The fourth-order valence-electron chi connectivity index (χ4n) is 1.63. The Labute approximate surface area is 110 Å². The highest BCUT2D eigenvalue weighted by Crippen LogP contribution is 2.29. The van der Waals surface area contributed by atoms with Crippen LogP contribution in [0.5, 0.6) is 0 Å². The van der Waals surface area contributed by atoms with Crippen LogP contribution < -0.4 is 4.90 Å². The second kappa shape index (κ2) is 4.56. The lowest BCUT2D eigenvalue weighted by Gasteiger charge is -2.15. The van der Waals surface area contributed by atoms with Crippen LogP contribution in [0.3, 0.4) is 0 Å². The van der Waals surface area contributed by atoms with Crippen LogP contribution in [-0.2, 0) is 4.79 Å². The van der Waals surface area contributed by atoms with Gasteiger partial charge in [0.1, 0.15) is 4.60 Å². The Hall–Kier alpha value is -0.860. The third-order valence-electron chi connectivity index (χ3n) is 2.45. The van der Waals surface area contributed by atoms with Crippen LogP contribution in [0.25, 0.3) is 0 Å². The first-order chi connectivity index (χ1) is 7.61. The van der Waals surface area contributed by atoms with Crippen LogP contribution in [0.2, 0.25) is 0 Å². The summed E-state index contributed by atoms with van der Waals surface area (Å²) in [6, 6.07) is 1.86. The van der Waals surface area contributed by atoms with E-state index in [1.54, 1.807) is 11.1 Å². The molecule has 0 spiro atoms. The quantitative estimate of drug-likeness (QED) is 0.580. The third kappa shape index (κ3) is 2.13. The van der Waals surface area contributed by atoms with Crippen molar-refractivity contribution < 1.29 is 4.79 Å². The molecule has 1 unspecified atom stereocenters. The van der Waals surface area contributed by atoms with Gasteiger partial charge in [0.2, 0.25) is 5.91 Å². The molecule has 16 heavy (non-hydrogen) atoms. The van der Waals surface area contributed by atoms with Gasteiger partial charge in [0.15, 0.2) is 0 Å². The summed E-state index contributed by atoms with van der Waals surface area (Å²) >= 11 is 6.64. The van der Waals surface area contributed by atoms with Gasteiger partial charge in [-0.25, -0.2) is 4.98 Å². The van der Waals surface area contributed by atoms with E-state index >= 15 is 0 Å². The van der Waals surface area contributed by atoms with Gasteiger partial charge < -0.3 is 4.90 Å². The average Bonchev–Trinajstić information content (AvgIpc) is 2.64. The fraction of sp³-hybridized carbons (Fsp3) is 0.273. The molecule has 5 heteroatoms. The molecule has 0 bridgehead atoms. The topological polar surface area (TPSA) is 33.2 Å². The van der Waals surface area contributed by atoms with Gasteiger partial charge in [-0.1, -0.05) is 0 Å². The van der Waals surface area contributed by atoms with Gasteiger partial charge in [-0.3, -0.25) is 4.79 Å².